The highest BCUT2D eigenvalue weighted by Gasteiger charge is 2.24. The van der Waals surface area contributed by atoms with E-state index in [9.17, 15) is 0 Å². The van der Waals surface area contributed by atoms with Gasteiger partial charge in [-0.05, 0) is 25.0 Å². The summed E-state index contributed by atoms with van der Waals surface area (Å²) in [6, 6.07) is 6.64. The second-order valence-corrected chi connectivity index (χ2v) is 7.68. The van der Waals surface area contributed by atoms with Gasteiger partial charge in [0.1, 0.15) is 0 Å². The molecule has 18 heavy (non-hydrogen) atoms. The van der Waals surface area contributed by atoms with Crippen molar-refractivity contribution in [1.82, 2.24) is 0 Å². The Morgan fingerprint density at radius 3 is 2.83 bits per heavy atom. The number of rotatable bonds is 2. The third kappa shape index (κ3) is 3.36. The molecule has 0 unspecified atom stereocenters. The third-order valence-electron chi connectivity index (χ3n) is 3.56. The minimum Gasteiger partial charge on any atom is -0.370 e. The number of aryl methyl sites for hydroxylation is 1. The van der Waals surface area contributed by atoms with Gasteiger partial charge in [-0.25, -0.2) is 0 Å². The lowest BCUT2D eigenvalue weighted by Crippen LogP contribution is -2.27. The quantitative estimate of drug-likeness (QED) is 0.738. The molecule has 0 spiro atoms. The molecule has 0 bridgehead atoms. The van der Waals surface area contributed by atoms with Gasteiger partial charge in [0.25, 0.3) is 0 Å². The first-order chi connectivity index (χ1) is 8.52. The van der Waals surface area contributed by atoms with E-state index in [0.29, 0.717) is 10.6 Å². The fraction of sp³-hybridized carbons (Fsp3) is 0.600. The van der Waals surface area contributed by atoms with Crippen LogP contribution in [0.25, 0.3) is 0 Å². The first-order valence-corrected chi connectivity index (χ1v) is 8.08. The molecule has 0 aromatic heterocycles. The van der Waals surface area contributed by atoms with Crippen molar-refractivity contribution < 1.29 is 0 Å². The molecule has 100 valence electrons. The predicted octanol–water partition coefficient (Wildman–Crippen LogP) is 4.46. The maximum Gasteiger partial charge on any atom is 0.0494 e. The second kappa shape index (κ2) is 5.75. The zero-order chi connectivity index (χ0) is 13.2. The number of anilines is 1. The molecule has 1 aromatic rings. The van der Waals surface area contributed by atoms with E-state index in [2.05, 4.69) is 55.6 Å². The fourth-order valence-corrected chi connectivity index (χ4v) is 3.70. The Morgan fingerprint density at radius 1 is 1.33 bits per heavy atom. The van der Waals surface area contributed by atoms with Crippen molar-refractivity contribution in [3.8, 4) is 0 Å². The van der Waals surface area contributed by atoms with Gasteiger partial charge in [0.2, 0.25) is 0 Å². The van der Waals surface area contributed by atoms with Gasteiger partial charge in [-0.2, -0.15) is 11.8 Å². The van der Waals surface area contributed by atoms with Gasteiger partial charge in [0, 0.05) is 35.2 Å². The van der Waals surface area contributed by atoms with Crippen LogP contribution in [0.3, 0.4) is 0 Å². The molecule has 3 heteroatoms. The molecular formula is C15H22ClNS. The standard InChI is InChI=1S/C15H22ClNS/c1-12-4-5-14(13(10-12)11-16)17-7-6-15(2,3)18-9-8-17/h4-5,10H,6-9,11H2,1-3H3. The molecule has 0 amide bonds. The summed E-state index contributed by atoms with van der Waals surface area (Å²) in [7, 11) is 0. The Labute approximate surface area is 120 Å². The third-order valence-corrected chi connectivity index (χ3v) is 5.22. The average Bonchev–Trinajstić information content (AvgIpc) is 2.50. The summed E-state index contributed by atoms with van der Waals surface area (Å²) < 4.78 is 0.403. The number of thioether (sulfide) groups is 1. The lowest BCUT2D eigenvalue weighted by Gasteiger charge is -2.26. The van der Waals surface area contributed by atoms with Gasteiger partial charge in [-0.3, -0.25) is 0 Å². The number of nitrogens with zero attached hydrogens (tertiary/aromatic N) is 1. The highest BCUT2D eigenvalue weighted by atomic mass is 35.5. The summed E-state index contributed by atoms with van der Waals surface area (Å²) in [5, 5.41) is 0. The summed E-state index contributed by atoms with van der Waals surface area (Å²) in [4.78, 5) is 2.50. The van der Waals surface area contributed by atoms with Crippen LogP contribution in [0, 0.1) is 6.92 Å². The number of hydrogen-bond donors (Lipinski definition) is 0. The Kier molecular flexibility index (Phi) is 4.50. The SMILES string of the molecule is Cc1ccc(N2CCSC(C)(C)CC2)c(CCl)c1. The van der Waals surface area contributed by atoms with Crippen LogP contribution in [0.1, 0.15) is 31.4 Å². The highest BCUT2D eigenvalue weighted by Crippen LogP contribution is 2.33. The zero-order valence-corrected chi connectivity index (χ0v) is 13.1. The van der Waals surface area contributed by atoms with E-state index in [-0.39, 0.29) is 0 Å². The van der Waals surface area contributed by atoms with Crippen molar-refractivity contribution in [2.24, 2.45) is 0 Å². The van der Waals surface area contributed by atoms with Crippen LogP contribution in [0.4, 0.5) is 5.69 Å². The topological polar surface area (TPSA) is 3.24 Å². The van der Waals surface area contributed by atoms with Gasteiger partial charge in [0.05, 0.1) is 0 Å². The number of benzene rings is 1. The van der Waals surface area contributed by atoms with E-state index in [1.807, 2.05) is 0 Å². The van der Waals surface area contributed by atoms with Crippen molar-refractivity contribution in [3.63, 3.8) is 0 Å². The van der Waals surface area contributed by atoms with Crippen LogP contribution >= 0.6 is 23.4 Å². The minimum atomic E-state index is 0.403. The van der Waals surface area contributed by atoms with Crippen LogP contribution < -0.4 is 4.90 Å². The molecule has 1 aliphatic heterocycles. The van der Waals surface area contributed by atoms with Gasteiger partial charge >= 0.3 is 0 Å². The lowest BCUT2D eigenvalue weighted by molar-refractivity contribution is 0.637. The molecule has 1 aliphatic rings. The van der Waals surface area contributed by atoms with E-state index < -0.39 is 0 Å². The molecule has 0 aliphatic carbocycles. The molecule has 1 aromatic carbocycles. The van der Waals surface area contributed by atoms with Gasteiger partial charge in [-0.15, -0.1) is 11.6 Å². The van der Waals surface area contributed by atoms with E-state index in [0.717, 1.165) is 13.1 Å². The molecule has 0 radical (unpaired) electrons. The normalized spacial score (nSPS) is 19.7. The summed E-state index contributed by atoms with van der Waals surface area (Å²) in [6.07, 6.45) is 1.23. The largest absolute Gasteiger partial charge is 0.370 e. The second-order valence-electron chi connectivity index (χ2n) is 5.61. The molecule has 1 saturated heterocycles. The number of alkyl halides is 1. The van der Waals surface area contributed by atoms with Crippen LogP contribution in [-0.2, 0) is 5.88 Å². The van der Waals surface area contributed by atoms with Gasteiger partial charge < -0.3 is 4.90 Å². The molecular weight excluding hydrogens is 262 g/mol. The zero-order valence-electron chi connectivity index (χ0n) is 11.5. The summed E-state index contributed by atoms with van der Waals surface area (Å²) in [5.41, 5.74) is 3.88. The maximum absolute atomic E-state index is 6.09. The van der Waals surface area contributed by atoms with Crippen molar-refractivity contribution in [2.75, 3.05) is 23.7 Å². The first kappa shape index (κ1) is 14.1. The molecule has 0 atom stereocenters. The van der Waals surface area contributed by atoms with E-state index in [4.69, 9.17) is 11.6 Å². The number of hydrogen-bond acceptors (Lipinski definition) is 2. The maximum atomic E-state index is 6.09. The highest BCUT2D eigenvalue weighted by molar-refractivity contribution is 8.00. The first-order valence-electron chi connectivity index (χ1n) is 6.56. The molecule has 0 saturated carbocycles. The predicted molar refractivity (Wildman–Crippen MR) is 84.1 cm³/mol. The number of halogens is 1. The van der Waals surface area contributed by atoms with Crippen molar-refractivity contribution >= 4 is 29.1 Å². The van der Waals surface area contributed by atoms with Crippen LogP contribution in [0.5, 0.6) is 0 Å². The Balaban J connectivity index is 2.21. The lowest BCUT2D eigenvalue weighted by atomic mass is 10.1. The Morgan fingerprint density at radius 2 is 2.11 bits per heavy atom. The monoisotopic (exact) mass is 283 g/mol. The molecule has 1 fully saturated rings. The summed E-state index contributed by atoms with van der Waals surface area (Å²) in [5.74, 6) is 1.80. The van der Waals surface area contributed by atoms with Crippen LogP contribution in [0.15, 0.2) is 18.2 Å². The van der Waals surface area contributed by atoms with Crippen molar-refractivity contribution in [1.29, 1.82) is 0 Å². The minimum absolute atomic E-state index is 0.403. The fourth-order valence-electron chi connectivity index (χ4n) is 2.39. The van der Waals surface area contributed by atoms with Crippen LogP contribution in [0.2, 0.25) is 0 Å². The van der Waals surface area contributed by atoms with E-state index in [1.54, 1.807) is 0 Å². The van der Waals surface area contributed by atoms with Gasteiger partial charge in [-0.1, -0.05) is 31.5 Å². The van der Waals surface area contributed by atoms with E-state index in [1.165, 1.54) is 29.0 Å². The smallest absolute Gasteiger partial charge is 0.0494 e. The molecule has 0 N–H and O–H groups in total. The molecule has 1 nitrogen and oxygen atoms in total. The Bertz CT molecular complexity index is 417. The van der Waals surface area contributed by atoms with Crippen molar-refractivity contribution in [3.05, 3.63) is 29.3 Å². The molecule has 2 rings (SSSR count). The average molecular weight is 284 g/mol. The van der Waals surface area contributed by atoms with Gasteiger partial charge in [0.15, 0.2) is 0 Å². The Hall–Kier alpha value is -0.340. The van der Waals surface area contributed by atoms with E-state index >= 15 is 0 Å². The van der Waals surface area contributed by atoms with Crippen molar-refractivity contribution in [2.45, 2.75) is 37.8 Å². The molecule has 1 heterocycles. The van der Waals surface area contributed by atoms with Crippen LogP contribution in [-0.4, -0.2) is 23.6 Å². The summed E-state index contributed by atoms with van der Waals surface area (Å²) in [6.45, 7) is 9.08. The summed E-state index contributed by atoms with van der Waals surface area (Å²) >= 11 is 8.17.